The van der Waals surface area contributed by atoms with E-state index < -0.39 is 5.97 Å². The van der Waals surface area contributed by atoms with Crippen LogP contribution in [0.4, 0.5) is 0 Å². The predicted molar refractivity (Wildman–Crippen MR) is 86.5 cm³/mol. The fraction of sp³-hybridized carbons (Fsp3) is 0.111. The molecule has 3 aromatic rings. The standard InChI is InChI=1S/C18H13N3O3/c1-12-2-7-16-20-15(8-17(22)21(16)10-12)11-24-18(23)14-5-3-13(9-19)4-6-14/h2-8,10H,11H2,1H3. The minimum absolute atomic E-state index is 0.0988. The Labute approximate surface area is 137 Å². The number of pyridine rings is 1. The van der Waals surface area contributed by atoms with Gasteiger partial charge < -0.3 is 4.74 Å². The minimum atomic E-state index is -0.537. The quantitative estimate of drug-likeness (QED) is 0.691. The first kappa shape index (κ1) is 15.4. The van der Waals surface area contributed by atoms with E-state index in [1.807, 2.05) is 19.1 Å². The lowest BCUT2D eigenvalue weighted by atomic mass is 10.1. The zero-order valence-corrected chi connectivity index (χ0v) is 12.9. The molecule has 0 saturated carbocycles. The maximum Gasteiger partial charge on any atom is 0.338 e. The van der Waals surface area contributed by atoms with E-state index in [9.17, 15) is 9.59 Å². The Balaban J connectivity index is 1.77. The summed E-state index contributed by atoms with van der Waals surface area (Å²) in [5.74, 6) is -0.537. The number of rotatable bonds is 3. The fourth-order valence-corrected chi connectivity index (χ4v) is 2.24. The van der Waals surface area contributed by atoms with Crippen molar-refractivity contribution in [3.05, 3.63) is 81.4 Å². The molecule has 0 aliphatic carbocycles. The molecule has 0 amide bonds. The van der Waals surface area contributed by atoms with Gasteiger partial charge in [-0.2, -0.15) is 5.26 Å². The maximum absolute atomic E-state index is 12.1. The molecule has 3 rings (SSSR count). The molecule has 0 atom stereocenters. The Morgan fingerprint density at radius 1 is 1.25 bits per heavy atom. The molecule has 0 aliphatic rings. The molecule has 0 saturated heterocycles. The number of aryl methyl sites for hydroxylation is 1. The summed E-state index contributed by atoms with van der Waals surface area (Å²) in [5, 5.41) is 8.74. The predicted octanol–water partition coefficient (Wildman–Crippen LogP) is 2.23. The smallest absolute Gasteiger partial charge is 0.338 e. The lowest BCUT2D eigenvalue weighted by Crippen LogP contribution is -2.16. The van der Waals surface area contributed by atoms with Crippen molar-refractivity contribution in [2.75, 3.05) is 0 Å². The van der Waals surface area contributed by atoms with Crippen LogP contribution in [0.25, 0.3) is 5.65 Å². The Kier molecular flexibility index (Phi) is 4.08. The van der Waals surface area contributed by atoms with E-state index in [0.29, 0.717) is 22.5 Å². The van der Waals surface area contributed by atoms with Crippen molar-refractivity contribution >= 4 is 11.6 Å². The third kappa shape index (κ3) is 3.15. The van der Waals surface area contributed by atoms with Crippen molar-refractivity contribution in [1.82, 2.24) is 9.38 Å². The van der Waals surface area contributed by atoms with Crippen LogP contribution in [0.5, 0.6) is 0 Å². The SMILES string of the molecule is Cc1ccc2nc(COC(=O)c3ccc(C#N)cc3)cc(=O)n2c1. The van der Waals surface area contributed by atoms with E-state index in [1.165, 1.54) is 22.6 Å². The van der Waals surface area contributed by atoms with E-state index in [2.05, 4.69) is 4.98 Å². The molecule has 0 radical (unpaired) electrons. The van der Waals surface area contributed by atoms with Crippen molar-refractivity contribution in [1.29, 1.82) is 5.26 Å². The maximum atomic E-state index is 12.1. The molecule has 0 spiro atoms. The van der Waals surface area contributed by atoms with Gasteiger partial charge in [0.05, 0.1) is 22.9 Å². The first-order chi connectivity index (χ1) is 11.6. The van der Waals surface area contributed by atoms with Crippen LogP contribution in [0.15, 0.2) is 53.5 Å². The average Bonchev–Trinajstić information content (AvgIpc) is 2.60. The van der Waals surface area contributed by atoms with Crippen LogP contribution >= 0.6 is 0 Å². The molecule has 118 valence electrons. The Morgan fingerprint density at radius 2 is 2.00 bits per heavy atom. The summed E-state index contributed by atoms with van der Waals surface area (Å²) in [4.78, 5) is 28.4. The summed E-state index contributed by atoms with van der Waals surface area (Å²) >= 11 is 0. The molecular weight excluding hydrogens is 306 g/mol. The van der Waals surface area contributed by atoms with E-state index >= 15 is 0 Å². The normalized spacial score (nSPS) is 10.3. The molecule has 24 heavy (non-hydrogen) atoms. The summed E-state index contributed by atoms with van der Waals surface area (Å²) in [6.07, 6.45) is 1.71. The molecule has 6 nitrogen and oxygen atoms in total. The van der Waals surface area contributed by atoms with Crippen molar-refractivity contribution in [3.8, 4) is 6.07 Å². The van der Waals surface area contributed by atoms with Crippen molar-refractivity contribution in [2.24, 2.45) is 0 Å². The number of fused-ring (bicyclic) bond motifs is 1. The third-order valence-corrected chi connectivity index (χ3v) is 3.46. The number of nitriles is 1. The fourth-order valence-electron chi connectivity index (χ4n) is 2.24. The van der Waals surface area contributed by atoms with Crippen LogP contribution in [-0.4, -0.2) is 15.4 Å². The lowest BCUT2D eigenvalue weighted by molar-refractivity contribution is 0.0467. The summed E-state index contributed by atoms with van der Waals surface area (Å²) in [7, 11) is 0. The zero-order chi connectivity index (χ0) is 17.1. The van der Waals surface area contributed by atoms with Crippen LogP contribution in [-0.2, 0) is 11.3 Å². The highest BCUT2D eigenvalue weighted by molar-refractivity contribution is 5.89. The molecule has 0 bridgehead atoms. The van der Waals surface area contributed by atoms with Crippen molar-refractivity contribution in [3.63, 3.8) is 0 Å². The van der Waals surface area contributed by atoms with Crippen molar-refractivity contribution in [2.45, 2.75) is 13.5 Å². The number of benzene rings is 1. The molecule has 1 aromatic carbocycles. The summed E-state index contributed by atoms with van der Waals surface area (Å²) in [5.41, 5.74) is 2.40. The Bertz CT molecular complexity index is 1010. The number of carbonyl (C=O) groups excluding carboxylic acids is 1. The van der Waals surface area contributed by atoms with E-state index in [0.717, 1.165) is 5.56 Å². The molecule has 0 unspecified atom stereocenters. The lowest BCUT2D eigenvalue weighted by Gasteiger charge is -2.06. The van der Waals surface area contributed by atoms with E-state index in [-0.39, 0.29) is 12.2 Å². The molecule has 0 aliphatic heterocycles. The second kappa shape index (κ2) is 6.34. The molecule has 6 heteroatoms. The number of carbonyl (C=O) groups is 1. The molecule has 2 aromatic heterocycles. The van der Waals surface area contributed by atoms with Gasteiger partial charge in [-0.15, -0.1) is 0 Å². The Morgan fingerprint density at radius 3 is 2.71 bits per heavy atom. The summed E-state index contributed by atoms with van der Waals surface area (Å²) in [6, 6.07) is 13.0. The first-order valence-electron chi connectivity index (χ1n) is 7.23. The number of nitrogens with zero attached hydrogens (tertiary/aromatic N) is 3. The third-order valence-electron chi connectivity index (χ3n) is 3.46. The highest BCUT2D eigenvalue weighted by Gasteiger charge is 2.09. The van der Waals surface area contributed by atoms with Gasteiger partial charge >= 0.3 is 5.97 Å². The van der Waals surface area contributed by atoms with Gasteiger partial charge in [0.25, 0.3) is 5.56 Å². The van der Waals surface area contributed by atoms with E-state index in [4.69, 9.17) is 10.00 Å². The number of hydrogen-bond acceptors (Lipinski definition) is 5. The first-order valence-corrected chi connectivity index (χ1v) is 7.23. The highest BCUT2D eigenvalue weighted by Crippen LogP contribution is 2.08. The van der Waals surface area contributed by atoms with Gasteiger partial charge in [0.15, 0.2) is 0 Å². The number of aromatic nitrogens is 2. The van der Waals surface area contributed by atoms with Gasteiger partial charge in [-0.1, -0.05) is 6.07 Å². The zero-order valence-electron chi connectivity index (χ0n) is 12.9. The number of esters is 1. The average molecular weight is 319 g/mol. The van der Waals surface area contributed by atoms with Crippen LogP contribution in [0, 0.1) is 18.3 Å². The number of ether oxygens (including phenoxy) is 1. The van der Waals surface area contributed by atoms with Crippen LogP contribution in [0.2, 0.25) is 0 Å². The molecular formula is C18H13N3O3. The molecule has 0 fully saturated rings. The molecule has 2 heterocycles. The minimum Gasteiger partial charge on any atom is -0.456 e. The van der Waals surface area contributed by atoms with Gasteiger partial charge in [0, 0.05) is 12.3 Å². The Hall–Kier alpha value is -3.46. The van der Waals surface area contributed by atoms with Crippen LogP contribution < -0.4 is 5.56 Å². The second-order valence-electron chi connectivity index (χ2n) is 5.29. The van der Waals surface area contributed by atoms with Gasteiger partial charge in [-0.3, -0.25) is 9.20 Å². The monoisotopic (exact) mass is 319 g/mol. The molecule has 0 N–H and O–H groups in total. The van der Waals surface area contributed by atoms with E-state index in [1.54, 1.807) is 24.4 Å². The van der Waals surface area contributed by atoms with Gasteiger partial charge in [0.2, 0.25) is 0 Å². The largest absolute Gasteiger partial charge is 0.456 e. The van der Waals surface area contributed by atoms with Crippen LogP contribution in [0.1, 0.15) is 27.2 Å². The van der Waals surface area contributed by atoms with Gasteiger partial charge in [0.1, 0.15) is 12.3 Å². The van der Waals surface area contributed by atoms with Crippen LogP contribution in [0.3, 0.4) is 0 Å². The summed E-state index contributed by atoms with van der Waals surface area (Å²) in [6.45, 7) is 1.79. The van der Waals surface area contributed by atoms with Gasteiger partial charge in [-0.05, 0) is 42.8 Å². The topological polar surface area (TPSA) is 84.5 Å². The number of hydrogen-bond donors (Lipinski definition) is 0. The highest BCUT2D eigenvalue weighted by atomic mass is 16.5. The van der Waals surface area contributed by atoms with Crippen molar-refractivity contribution < 1.29 is 9.53 Å². The second-order valence-corrected chi connectivity index (χ2v) is 5.29. The van der Waals surface area contributed by atoms with Gasteiger partial charge in [-0.25, -0.2) is 9.78 Å². The summed E-state index contributed by atoms with van der Waals surface area (Å²) < 4.78 is 6.63.